The third kappa shape index (κ3) is 3.73. The van der Waals surface area contributed by atoms with Crippen LogP contribution in [-0.2, 0) is 4.79 Å². The summed E-state index contributed by atoms with van der Waals surface area (Å²) >= 11 is 3.29. The number of nitrogen functional groups attached to an aromatic ring is 1. The van der Waals surface area contributed by atoms with Gasteiger partial charge in [0.25, 0.3) is 5.91 Å². The number of likely N-dealkylation sites (N-methyl/N-ethyl adjacent to an activating group) is 2. The molecule has 18 heavy (non-hydrogen) atoms. The van der Waals surface area contributed by atoms with Crippen LogP contribution in [0.1, 0.15) is 17.3 Å². The normalized spacial score (nSPS) is 9.94. The van der Waals surface area contributed by atoms with E-state index in [1.54, 1.807) is 18.2 Å². The summed E-state index contributed by atoms with van der Waals surface area (Å²) in [7, 11) is 1.54. The summed E-state index contributed by atoms with van der Waals surface area (Å²) in [4.78, 5) is 25.0. The number of amides is 2. The van der Waals surface area contributed by atoms with Crippen LogP contribution in [0.2, 0.25) is 0 Å². The smallest absolute Gasteiger partial charge is 0.254 e. The Morgan fingerprint density at radius 3 is 2.56 bits per heavy atom. The minimum Gasteiger partial charge on any atom is -0.399 e. The van der Waals surface area contributed by atoms with E-state index in [0.29, 0.717) is 17.8 Å². The molecule has 3 N–H and O–H groups in total. The van der Waals surface area contributed by atoms with E-state index in [9.17, 15) is 9.59 Å². The lowest BCUT2D eigenvalue weighted by Gasteiger charge is -2.20. The summed E-state index contributed by atoms with van der Waals surface area (Å²) in [6.07, 6.45) is 0. The Kier molecular flexibility index (Phi) is 5.15. The largest absolute Gasteiger partial charge is 0.399 e. The molecule has 0 atom stereocenters. The highest BCUT2D eigenvalue weighted by Crippen LogP contribution is 2.18. The average Bonchev–Trinajstić information content (AvgIpc) is 2.33. The molecule has 6 heteroatoms. The molecule has 0 aromatic heterocycles. The van der Waals surface area contributed by atoms with Crippen LogP contribution in [0, 0.1) is 0 Å². The molecule has 0 aliphatic rings. The Labute approximate surface area is 114 Å². The van der Waals surface area contributed by atoms with E-state index >= 15 is 0 Å². The van der Waals surface area contributed by atoms with Gasteiger partial charge in [0.05, 0.1) is 6.54 Å². The van der Waals surface area contributed by atoms with Crippen molar-refractivity contribution in [2.45, 2.75) is 6.92 Å². The molecule has 0 heterocycles. The van der Waals surface area contributed by atoms with Gasteiger partial charge in [0.15, 0.2) is 0 Å². The highest BCUT2D eigenvalue weighted by molar-refractivity contribution is 9.10. The minimum absolute atomic E-state index is 0.0399. The molecule has 2 amide bonds. The number of rotatable bonds is 4. The first-order valence-electron chi connectivity index (χ1n) is 5.53. The first-order chi connectivity index (χ1) is 8.47. The van der Waals surface area contributed by atoms with Gasteiger partial charge < -0.3 is 16.0 Å². The number of halogens is 1. The highest BCUT2D eigenvalue weighted by Gasteiger charge is 2.17. The summed E-state index contributed by atoms with van der Waals surface area (Å²) < 4.78 is 0.738. The number of nitrogens with zero attached hydrogens (tertiary/aromatic N) is 1. The lowest BCUT2D eigenvalue weighted by molar-refractivity contribution is -0.121. The summed E-state index contributed by atoms with van der Waals surface area (Å²) in [6, 6.07) is 5.00. The molecular formula is C12H16BrN3O2. The third-order valence-corrected chi connectivity index (χ3v) is 2.91. The van der Waals surface area contributed by atoms with Gasteiger partial charge in [-0.05, 0) is 25.1 Å². The van der Waals surface area contributed by atoms with Crippen molar-refractivity contribution in [2.75, 3.05) is 25.9 Å². The quantitative estimate of drug-likeness (QED) is 0.821. The van der Waals surface area contributed by atoms with Gasteiger partial charge in [-0.3, -0.25) is 9.59 Å². The van der Waals surface area contributed by atoms with E-state index in [2.05, 4.69) is 21.2 Å². The van der Waals surface area contributed by atoms with Gasteiger partial charge >= 0.3 is 0 Å². The Bertz CT molecular complexity index is 442. The van der Waals surface area contributed by atoms with Crippen LogP contribution in [0.4, 0.5) is 5.69 Å². The summed E-state index contributed by atoms with van der Waals surface area (Å²) in [6.45, 7) is 2.32. The van der Waals surface area contributed by atoms with Crippen molar-refractivity contribution >= 4 is 33.4 Å². The fraction of sp³-hybridized carbons (Fsp3) is 0.333. The van der Waals surface area contributed by atoms with E-state index in [1.165, 1.54) is 11.9 Å². The fourth-order valence-electron chi connectivity index (χ4n) is 1.50. The van der Waals surface area contributed by atoms with Crippen molar-refractivity contribution in [3.05, 3.63) is 28.2 Å². The third-order valence-electron chi connectivity index (χ3n) is 2.45. The maximum Gasteiger partial charge on any atom is 0.254 e. The predicted octanol–water partition coefficient (Wildman–Crippen LogP) is 1.24. The van der Waals surface area contributed by atoms with Crippen LogP contribution in [-0.4, -0.2) is 36.9 Å². The molecule has 0 saturated heterocycles. The zero-order valence-corrected chi connectivity index (χ0v) is 12.0. The Morgan fingerprint density at radius 1 is 1.39 bits per heavy atom. The molecule has 1 aromatic rings. The lowest BCUT2D eigenvalue weighted by atomic mass is 10.1. The first-order valence-corrected chi connectivity index (χ1v) is 6.33. The molecule has 0 unspecified atom stereocenters. The molecular weight excluding hydrogens is 298 g/mol. The van der Waals surface area contributed by atoms with Crippen molar-refractivity contribution in [3.8, 4) is 0 Å². The van der Waals surface area contributed by atoms with E-state index in [1.807, 2.05) is 6.92 Å². The monoisotopic (exact) mass is 313 g/mol. The van der Waals surface area contributed by atoms with Crippen molar-refractivity contribution in [2.24, 2.45) is 0 Å². The fourth-order valence-corrected chi connectivity index (χ4v) is 2.01. The molecule has 1 rings (SSSR count). The molecule has 0 spiro atoms. The molecule has 0 fully saturated rings. The molecule has 5 nitrogen and oxygen atoms in total. The van der Waals surface area contributed by atoms with Gasteiger partial charge in [-0.15, -0.1) is 0 Å². The van der Waals surface area contributed by atoms with Gasteiger partial charge in [-0.2, -0.15) is 0 Å². The van der Waals surface area contributed by atoms with Crippen LogP contribution < -0.4 is 11.1 Å². The average molecular weight is 314 g/mol. The van der Waals surface area contributed by atoms with Crippen LogP contribution >= 0.6 is 15.9 Å². The summed E-state index contributed by atoms with van der Waals surface area (Å²) in [5, 5.41) is 2.49. The number of hydrogen-bond donors (Lipinski definition) is 2. The number of hydrogen-bond acceptors (Lipinski definition) is 3. The first kappa shape index (κ1) is 14.5. The molecule has 0 aliphatic heterocycles. The van der Waals surface area contributed by atoms with Gasteiger partial charge in [0.2, 0.25) is 5.91 Å². The second-order valence-corrected chi connectivity index (χ2v) is 4.68. The zero-order chi connectivity index (χ0) is 13.7. The lowest BCUT2D eigenvalue weighted by Crippen LogP contribution is -2.39. The number of nitrogens with two attached hydrogens (primary N) is 1. The van der Waals surface area contributed by atoms with E-state index in [0.717, 1.165) is 4.47 Å². The van der Waals surface area contributed by atoms with Crippen molar-refractivity contribution in [1.82, 2.24) is 10.2 Å². The van der Waals surface area contributed by atoms with E-state index in [-0.39, 0.29) is 18.4 Å². The van der Waals surface area contributed by atoms with Gasteiger partial charge in [0.1, 0.15) is 0 Å². The highest BCUT2D eigenvalue weighted by atomic mass is 79.9. The standard InChI is InChI=1S/C12H16BrN3O2/c1-3-16(7-11(17)15-2)12(18)8-4-9(13)6-10(14)5-8/h4-6H,3,7,14H2,1-2H3,(H,15,17). The second kappa shape index (κ2) is 6.39. The van der Waals surface area contributed by atoms with Crippen LogP contribution in [0.25, 0.3) is 0 Å². The Balaban J connectivity index is 2.92. The maximum absolute atomic E-state index is 12.2. The Hall–Kier alpha value is -1.56. The summed E-state index contributed by atoms with van der Waals surface area (Å²) in [5.41, 5.74) is 6.66. The van der Waals surface area contributed by atoms with E-state index in [4.69, 9.17) is 5.73 Å². The number of carbonyl (C=O) groups is 2. The number of carbonyl (C=O) groups excluding carboxylic acids is 2. The SMILES string of the molecule is CCN(CC(=O)NC)C(=O)c1cc(N)cc(Br)c1. The Morgan fingerprint density at radius 2 is 2.06 bits per heavy atom. The zero-order valence-electron chi connectivity index (χ0n) is 10.4. The van der Waals surface area contributed by atoms with Gasteiger partial charge in [-0.25, -0.2) is 0 Å². The second-order valence-electron chi connectivity index (χ2n) is 3.77. The van der Waals surface area contributed by atoms with Gasteiger partial charge in [-0.1, -0.05) is 15.9 Å². The minimum atomic E-state index is -0.214. The molecule has 0 aliphatic carbocycles. The van der Waals surface area contributed by atoms with Crippen molar-refractivity contribution in [3.63, 3.8) is 0 Å². The number of anilines is 1. The molecule has 0 radical (unpaired) electrons. The number of nitrogens with one attached hydrogen (secondary N) is 1. The maximum atomic E-state index is 12.2. The molecule has 0 bridgehead atoms. The van der Waals surface area contributed by atoms with Gasteiger partial charge in [0, 0.05) is 29.3 Å². The summed E-state index contributed by atoms with van der Waals surface area (Å²) in [5.74, 6) is -0.415. The van der Waals surface area contributed by atoms with Crippen LogP contribution in [0.3, 0.4) is 0 Å². The number of benzene rings is 1. The van der Waals surface area contributed by atoms with E-state index < -0.39 is 0 Å². The van der Waals surface area contributed by atoms with Crippen molar-refractivity contribution < 1.29 is 9.59 Å². The molecule has 0 saturated carbocycles. The van der Waals surface area contributed by atoms with Crippen LogP contribution in [0.5, 0.6) is 0 Å². The van der Waals surface area contributed by atoms with Crippen molar-refractivity contribution in [1.29, 1.82) is 0 Å². The molecule has 98 valence electrons. The molecule has 1 aromatic carbocycles. The van der Waals surface area contributed by atoms with Crippen LogP contribution in [0.15, 0.2) is 22.7 Å². The predicted molar refractivity (Wildman–Crippen MR) is 74.2 cm³/mol. The topological polar surface area (TPSA) is 75.4 Å².